The molecule has 3 aromatic rings. The first-order valence-electron chi connectivity index (χ1n) is 14.4. The van der Waals surface area contributed by atoms with E-state index < -0.39 is 10.8 Å². The smallest absolute Gasteiger partial charge is 0.273 e. The molecule has 0 atom stereocenters. The molecule has 1 saturated carbocycles. The minimum absolute atomic E-state index is 0.0971. The zero-order valence-corrected chi connectivity index (χ0v) is 24.0. The molecule has 1 aliphatic carbocycles. The highest BCUT2D eigenvalue weighted by molar-refractivity contribution is 5.97. The molecule has 2 amide bonds. The highest BCUT2D eigenvalue weighted by Gasteiger charge is 2.29. The third-order valence-corrected chi connectivity index (χ3v) is 7.83. The van der Waals surface area contributed by atoms with Crippen molar-refractivity contribution >= 4 is 17.5 Å². The zero-order valence-electron chi connectivity index (χ0n) is 24.0. The van der Waals surface area contributed by atoms with Crippen molar-refractivity contribution in [2.24, 2.45) is 0 Å². The van der Waals surface area contributed by atoms with Crippen LogP contribution in [-0.2, 0) is 22.6 Å². The first-order valence-corrected chi connectivity index (χ1v) is 14.4. The average molecular weight is 561 g/mol. The van der Waals surface area contributed by atoms with E-state index in [-0.39, 0.29) is 29.7 Å². The summed E-state index contributed by atoms with van der Waals surface area (Å²) in [7, 11) is 1.59. The Kier molecular flexibility index (Phi) is 10.7. The summed E-state index contributed by atoms with van der Waals surface area (Å²) in [5, 5.41) is 11.5. The second kappa shape index (κ2) is 14.6. The van der Waals surface area contributed by atoms with Crippen molar-refractivity contribution in [3.8, 4) is 0 Å². The van der Waals surface area contributed by atoms with Crippen LogP contribution in [0.1, 0.15) is 65.7 Å². The fourth-order valence-electron chi connectivity index (χ4n) is 5.54. The number of carbonyl (C=O) groups is 2. The second-order valence-corrected chi connectivity index (χ2v) is 10.8. The Morgan fingerprint density at radius 1 is 1.05 bits per heavy atom. The zero-order chi connectivity index (χ0) is 29.2. The number of nitrogens with zero attached hydrogens (tertiary/aromatic N) is 4. The minimum atomic E-state index is -0.484. The number of hydrogen-bond acceptors (Lipinski definition) is 5. The molecule has 2 aromatic carbocycles. The van der Waals surface area contributed by atoms with Gasteiger partial charge >= 0.3 is 0 Å². The molecular weight excluding hydrogens is 520 g/mol. The van der Waals surface area contributed by atoms with Gasteiger partial charge in [-0.25, -0.2) is 0 Å². The fourth-order valence-corrected chi connectivity index (χ4v) is 5.54. The summed E-state index contributed by atoms with van der Waals surface area (Å²) in [6, 6.07) is 18.9. The maximum Gasteiger partial charge on any atom is 0.273 e. The second-order valence-electron chi connectivity index (χ2n) is 10.8. The summed E-state index contributed by atoms with van der Waals surface area (Å²) < 4.78 is 7.37. The van der Waals surface area contributed by atoms with Crippen LogP contribution in [0.2, 0.25) is 0 Å². The molecule has 9 heteroatoms. The van der Waals surface area contributed by atoms with E-state index in [0.717, 1.165) is 37.8 Å². The van der Waals surface area contributed by atoms with Gasteiger partial charge in [0.25, 0.3) is 11.6 Å². The van der Waals surface area contributed by atoms with Gasteiger partial charge in [-0.15, -0.1) is 0 Å². The largest absolute Gasteiger partial charge is 0.385 e. The van der Waals surface area contributed by atoms with Crippen LogP contribution in [0.5, 0.6) is 0 Å². The van der Waals surface area contributed by atoms with Crippen molar-refractivity contribution < 1.29 is 19.2 Å². The lowest BCUT2D eigenvalue weighted by molar-refractivity contribution is -0.385. The molecule has 1 aliphatic rings. The Bertz CT molecular complexity index is 1320. The molecule has 1 fully saturated rings. The van der Waals surface area contributed by atoms with Gasteiger partial charge in [-0.05, 0) is 49.9 Å². The maximum atomic E-state index is 14.0. The number of amides is 2. The van der Waals surface area contributed by atoms with Crippen LogP contribution in [0.15, 0.2) is 66.9 Å². The van der Waals surface area contributed by atoms with Crippen molar-refractivity contribution in [2.45, 2.75) is 64.6 Å². The highest BCUT2D eigenvalue weighted by Crippen LogP contribution is 2.26. The van der Waals surface area contributed by atoms with Gasteiger partial charge in [0.15, 0.2) is 0 Å². The van der Waals surface area contributed by atoms with Crippen molar-refractivity contribution in [1.29, 1.82) is 0 Å². The lowest BCUT2D eigenvalue weighted by Gasteiger charge is -2.36. The number of carbonyl (C=O) groups excluding carboxylic acids is 2. The predicted octanol–water partition coefficient (Wildman–Crippen LogP) is 5.59. The van der Waals surface area contributed by atoms with Crippen molar-refractivity contribution in [3.63, 3.8) is 0 Å². The molecule has 1 heterocycles. The Hall–Kier alpha value is -3.98. The number of nitro groups is 1. The predicted molar refractivity (Wildman–Crippen MR) is 158 cm³/mol. The molecule has 218 valence electrons. The molecule has 1 aromatic heterocycles. The first kappa shape index (κ1) is 30.0. The van der Waals surface area contributed by atoms with Crippen LogP contribution in [-0.4, -0.2) is 64.0 Å². The van der Waals surface area contributed by atoms with Gasteiger partial charge in [0.2, 0.25) is 5.91 Å². The number of nitro benzene ring substituents is 1. The molecule has 0 spiro atoms. The van der Waals surface area contributed by atoms with E-state index >= 15 is 0 Å². The van der Waals surface area contributed by atoms with Crippen LogP contribution in [0.3, 0.4) is 0 Å². The Labute approximate surface area is 241 Å². The molecule has 0 aliphatic heterocycles. The molecule has 0 radical (unpaired) electrons. The van der Waals surface area contributed by atoms with Crippen molar-refractivity contribution in [1.82, 2.24) is 14.4 Å². The number of aryl methyl sites for hydroxylation is 1. The van der Waals surface area contributed by atoms with E-state index in [1.165, 1.54) is 16.5 Å². The van der Waals surface area contributed by atoms with Gasteiger partial charge in [-0.1, -0.05) is 55.7 Å². The van der Waals surface area contributed by atoms with Crippen molar-refractivity contribution in [3.05, 3.63) is 99.4 Å². The lowest BCUT2D eigenvalue weighted by Crippen LogP contribution is -2.48. The quantitative estimate of drug-likeness (QED) is 0.154. The maximum absolute atomic E-state index is 14.0. The molecular formula is C32H40N4O5. The topological polar surface area (TPSA) is 97.9 Å². The minimum Gasteiger partial charge on any atom is -0.385 e. The van der Waals surface area contributed by atoms with Gasteiger partial charge in [0, 0.05) is 61.9 Å². The molecule has 0 unspecified atom stereocenters. The molecule has 0 bridgehead atoms. The summed E-state index contributed by atoms with van der Waals surface area (Å²) >= 11 is 0. The van der Waals surface area contributed by atoms with E-state index in [9.17, 15) is 19.7 Å². The summed E-state index contributed by atoms with van der Waals surface area (Å²) in [5.74, 6) is -0.509. The Morgan fingerprint density at radius 3 is 2.51 bits per heavy atom. The molecule has 4 rings (SSSR count). The summed E-state index contributed by atoms with van der Waals surface area (Å²) in [6.07, 6.45) is 7.77. The van der Waals surface area contributed by atoms with Crippen LogP contribution < -0.4 is 0 Å². The molecule has 0 N–H and O–H groups in total. The van der Waals surface area contributed by atoms with Gasteiger partial charge in [0.05, 0.1) is 11.5 Å². The summed E-state index contributed by atoms with van der Waals surface area (Å²) in [6.45, 7) is 3.46. The number of ether oxygens (including phenoxy) is 1. The number of aromatic nitrogens is 1. The van der Waals surface area contributed by atoms with E-state index in [4.69, 9.17) is 4.74 Å². The van der Waals surface area contributed by atoms with Gasteiger partial charge in [-0.3, -0.25) is 19.7 Å². The third-order valence-electron chi connectivity index (χ3n) is 7.83. The third kappa shape index (κ3) is 8.04. The number of benzene rings is 2. The summed E-state index contributed by atoms with van der Waals surface area (Å²) in [5.41, 5.74) is 2.80. The fraction of sp³-hybridized carbons (Fsp3) is 0.438. The number of rotatable bonds is 13. The Morgan fingerprint density at radius 2 is 1.80 bits per heavy atom. The number of hydrogen-bond donors (Lipinski definition) is 0. The molecule has 0 saturated heterocycles. The lowest BCUT2D eigenvalue weighted by atomic mass is 9.94. The van der Waals surface area contributed by atoms with Crippen molar-refractivity contribution in [2.75, 3.05) is 26.8 Å². The van der Waals surface area contributed by atoms with Gasteiger partial charge in [0.1, 0.15) is 6.54 Å². The van der Waals surface area contributed by atoms with Crippen LogP contribution in [0, 0.1) is 17.0 Å². The molecule has 41 heavy (non-hydrogen) atoms. The Balaban J connectivity index is 1.57. The van der Waals surface area contributed by atoms with E-state index in [1.807, 2.05) is 35.4 Å². The average Bonchev–Trinajstić information content (AvgIpc) is 3.42. The monoisotopic (exact) mass is 560 g/mol. The molecule has 9 nitrogen and oxygen atoms in total. The summed E-state index contributed by atoms with van der Waals surface area (Å²) in [4.78, 5) is 42.1. The van der Waals surface area contributed by atoms with Crippen LogP contribution >= 0.6 is 0 Å². The van der Waals surface area contributed by atoms with E-state index in [2.05, 4.69) is 22.8 Å². The first-order chi connectivity index (χ1) is 19.9. The van der Waals surface area contributed by atoms with E-state index in [0.29, 0.717) is 38.2 Å². The van der Waals surface area contributed by atoms with E-state index in [1.54, 1.807) is 26.2 Å². The number of methoxy groups -OCH3 is 1. The van der Waals surface area contributed by atoms with Gasteiger partial charge < -0.3 is 19.1 Å². The van der Waals surface area contributed by atoms with Gasteiger partial charge in [-0.2, -0.15) is 0 Å². The SMILES string of the molecule is COCCCN(CC(=O)N(Cc1cccn1Cc1ccccc1)C1CCCCC1)C(=O)c1ccc(C)c([N+](=O)[O-])c1. The normalized spacial score (nSPS) is 13.6. The van der Waals surface area contributed by atoms with Crippen LogP contribution in [0.4, 0.5) is 5.69 Å². The van der Waals surface area contributed by atoms with Crippen LogP contribution in [0.25, 0.3) is 0 Å². The highest BCUT2D eigenvalue weighted by atomic mass is 16.6. The standard InChI is InChI=1S/C32H40N4O5/c1-25-16-17-27(21-30(25)36(39)40)32(38)34(19-10-20-41-2)24-31(37)35(28-13-7-4-8-14-28)23-29-15-9-18-33(29)22-26-11-5-3-6-12-26/h3,5-6,9,11-12,15-18,21,28H,4,7-8,10,13-14,19-20,22-24H2,1-2H3.